The molecule has 8 nitrogen and oxygen atoms in total. The minimum atomic E-state index is -1.28. The normalized spacial score (nSPS) is 12.7. The van der Waals surface area contributed by atoms with Gasteiger partial charge in [0.2, 0.25) is 5.91 Å². The molecule has 1 aliphatic carbocycles. The van der Waals surface area contributed by atoms with Crippen molar-refractivity contribution in [1.82, 2.24) is 10.2 Å². The molecule has 9 heteroatoms. The molecule has 1 atom stereocenters. The summed E-state index contributed by atoms with van der Waals surface area (Å²) < 4.78 is 5.69. The highest BCUT2D eigenvalue weighted by molar-refractivity contribution is 6.34. The number of benzene rings is 4. The van der Waals surface area contributed by atoms with Gasteiger partial charge in [-0.15, -0.1) is 0 Å². The summed E-state index contributed by atoms with van der Waals surface area (Å²) in [4.78, 5) is 40.3. The van der Waals surface area contributed by atoms with Crippen LogP contribution in [0.5, 0.6) is 0 Å². The van der Waals surface area contributed by atoms with Gasteiger partial charge in [-0.1, -0.05) is 96.5 Å². The number of ether oxygens (including phenoxy) is 1. The van der Waals surface area contributed by atoms with Crippen molar-refractivity contribution in [3.63, 3.8) is 0 Å². The lowest BCUT2D eigenvalue weighted by Gasteiger charge is -2.25. The number of hydrogen-bond donors (Lipinski definition) is 3. The number of rotatable bonds is 10. The molecule has 0 aliphatic heterocycles. The zero-order chi connectivity index (χ0) is 29.6. The topological polar surface area (TPSA) is 108 Å². The number of carbonyl (C=O) groups excluding carboxylic acids is 2. The molecule has 0 saturated heterocycles. The van der Waals surface area contributed by atoms with Gasteiger partial charge in [-0.05, 0) is 47.0 Å². The first-order chi connectivity index (χ1) is 20.3. The van der Waals surface area contributed by atoms with Crippen molar-refractivity contribution in [1.29, 1.82) is 0 Å². The van der Waals surface area contributed by atoms with E-state index in [0.29, 0.717) is 6.54 Å². The third-order valence-electron chi connectivity index (χ3n) is 7.23. The van der Waals surface area contributed by atoms with Crippen molar-refractivity contribution < 1.29 is 24.2 Å². The molecule has 4 aromatic rings. The minimum absolute atomic E-state index is 0.0115. The average Bonchev–Trinajstić information content (AvgIpc) is 3.29. The van der Waals surface area contributed by atoms with Crippen molar-refractivity contribution in [3.05, 3.63) is 124 Å². The fourth-order valence-corrected chi connectivity index (χ4v) is 5.57. The summed E-state index contributed by atoms with van der Waals surface area (Å²) in [6, 6.07) is 29.1. The van der Waals surface area contributed by atoms with E-state index >= 15 is 0 Å². The molecule has 5 rings (SSSR count). The average molecular weight is 584 g/mol. The van der Waals surface area contributed by atoms with Crippen LogP contribution in [0.3, 0.4) is 0 Å². The van der Waals surface area contributed by atoms with Gasteiger partial charge >= 0.3 is 12.1 Å². The lowest BCUT2D eigenvalue weighted by Crippen LogP contribution is -2.50. The van der Waals surface area contributed by atoms with Gasteiger partial charge in [0.1, 0.15) is 18.2 Å². The summed E-state index contributed by atoms with van der Waals surface area (Å²) in [6.07, 6.45) is -0.755. The van der Waals surface area contributed by atoms with Gasteiger partial charge in [0.15, 0.2) is 0 Å². The van der Waals surface area contributed by atoms with Crippen LogP contribution < -0.4 is 10.6 Å². The lowest BCUT2D eigenvalue weighted by molar-refractivity contribution is -0.118. The van der Waals surface area contributed by atoms with Crippen LogP contribution in [0.4, 0.5) is 10.5 Å². The Morgan fingerprint density at radius 3 is 2.14 bits per heavy atom. The second-order valence-electron chi connectivity index (χ2n) is 10.2. The van der Waals surface area contributed by atoms with Crippen LogP contribution >= 0.6 is 11.6 Å². The van der Waals surface area contributed by atoms with E-state index in [1.807, 2.05) is 78.7 Å². The molecule has 214 valence electrons. The molecule has 1 aliphatic rings. The molecular weight excluding hydrogens is 554 g/mol. The maximum atomic E-state index is 13.5. The first kappa shape index (κ1) is 28.9. The van der Waals surface area contributed by atoms with E-state index in [2.05, 4.69) is 22.8 Å². The molecule has 4 aromatic carbocycles. The van der Waals surface area contributed by atoms with Crippen molar-refractivity contribution in [3.8, 4) is 11.1 Å². The number of nitrogens with zero attached hydrogens (tertiary/aromatic N) is 1. The molecule has 0 bridgehead atoms. The SMILES string of the molecule is CN(Cc1ccccc1)CC(NC(=O)OCC1c2ccccc2-c2ccccc21)C(=O)Nc1cccc(Cl)c1C(=O)O. The van der Waals surface area contributed by atoms with Gasteiger partial charge < -0.3 is 20.5 Å². The summed E-state index contributed by atoms with van der Waals surface area (Å²) in [6.45, 7) is 0.744. The Hall–Kier alpha value is -4.66. The molecule has 0 aromatic heterocycles. The van der Waals surface area contributed by atoms with Gasteiger partial charge in [-0.25, -0.2) is 9.59 Å². The Kier molecular flexibility index (Phi) is 8.85. The zero-order valence-corrected chi connectivity index (χ0v) is 23.7. The van der Waals surface area contributed by atoms with Crippen LogP contribution in [0.25, 0.3) is 11.1 Å². The van der Waals surface area contributed by atoms with Crippen LogP contribution in [0.2, 0.25) is 5.02 Å². The largest absolute Gasteiger partial charge is 0.478 e. The molecular formula is C33H30ClN3O5. The standard InChI is InChI=1S/C33H30ClN3O5/c1-37(18-21-10-3-2-4-11-21)19-29(31(38)35-28-17-9-16-27(34)30(28)32(39)40)36-33(41)42-20-26-24-14-7-5-12-22(24)23-13-6-8-15-25(23)26/h2-17,26,29H,18-20H2,1H3,(H,35,38)(H,36,41)(H,39,40). The van der Waals surface area contributed by atoms with E-state index in [4.69, 9.17) is 16.3 Å². The number of aromatic carboxylic acids is 1. The molecule has 0 spiro atoms. The van der Waals surface area contributed by atoms with Crippen LogP contribution in [0, 0.1) is 0 Å². The summed E-state index contributed by atoms with van der Waals surface area (Å²) in [5.74, 6) is -2.02. The number of likely N-dealkylation sites (N-methyl/N-ethyl adjacent to an activating group) is 1. The van der Waals surface area contributed by atoms with Crippen molar-refractivity contribution in [2.75, 3.05) is 25.5 Å². The van der Waals surface area contributed by atoms with Gasteiger partial charge in [0.05, 0.1) is 10.7 Å². The first-order valence-corrected chi connectivity index (χ1v) is 13.9. The molecule has 42 heavy (non-hydrogen) atoms. The van der Waals surface area contributed by atoms with Gasteiger partial charge in [0, 0.05) is 19.0 Å². The highest BCUT2D eigenvalue weighted by Crippen LogP contribution is 2.44. The molecule has 0 fully saturated rings. The summed E-state index contributed by atoms with van der Waals surface area (Å²) in [5, 5.41) is 14.9. The molecule has 2 amide bonds. The number of carboxylic acid groups (broad SMARTS) is 1. The minimum Gasteiger partial charge on any atom is -0.478 e. The number of halogens is 1. The van der Waals surface area contributed by atoms with E-state index in [9.17, 15) is 19.5 Å². The van der Waals surface area contributed by atoms with Crippen molar-refractivity contribution >= 4 is 35.3 Å². The monoisotopic (exact) mass is 583 g/mol. The molecule has 0 saturated carbocycles. The Balaban J connectivity index is 1.31. The Labute approximate surface area is 248 Å². The molecule has 0 heterocycles. The van der Waals surface area contributed by atoms with Crippen LogP contribution in [0.15, 0.2) is 97.1 Å². The van der Waals surface area contributed by atoms with Crippen molar-refractivity contribution in [2.45, 2.75) is 18.5 Å². The van der Waals surface area contributed by atoms with E-state index in [-0.39, 0.29) is 35.3 Å². The van der Waals surface area contributed by atoms with Gasteiger partial charge in [-0.3, -0.25) is 9.69 Å². The maximum absolute atomic E-state index is 13.5. The van der Waals surface area contributed by atoms with E-state index in [1.54, 1.807) is 6.07 Å². The predicted octanol–water partition coefficient (Wildman–Crippen LogP) is 6.02. The van der Waals surface area contributed by atoms with E-state index in [1.165, 1.54) is 12.1 Å². The number of alkyl carbamates (subject to hydrolysis) is 1. The third-order valence-corrected chi connectivity index (χ3v) is 7.54. The Morgan fingerprint density at radius 2 is 1.50 bits per heavy atom. The number of fused-ring (bicyclic) bond motifs is 3. The fourth-order valence-electron chi connectivity index (χ4n) is 5.31. The number of anilines is 1. The number of hydrogen-bond acceptors (Lipinski definition) is 5. The van der Waals surface area contributed by atoms with Gasteiger partial charge in [-0.2, -0.15) is 0 Å². The zero-order valence-electron chi connectivity index (χ0n) is 22.9. The maximum Gasteiger partial charge on any atom is 0.407 e. The highest BCUT2D eigenvalue weighted by atomic mass is 35.5. The molecule has 1 unspecified atom stereocenters. The van der Waals surface area contributed by atoms with Crippen LogP contribution in [-0.4, -0.2) is 54.2 Å². The summed E-state index contributed by atoms with van der Waals surface area (Å²) in [7, 11) is 1.83. The van der Waals surface area contributed by atoms with E-state index < -0.39 is 24.0 Å². The number of carboxylic acids is 1. The first-order valence-electron chi connectivity index (χ1n) is 13.5. The number of carbonyl (C=O) groups is 3. The lowest BCUT2D eigenvalue weighted by atomic mass is 9.98. The molecule has 0 radical (unpaired) electrons. The second kappa shape index (κ2) is 12.9. The summed E-state index contributed by atoms with van der Waals surface area (Å²) in [5.41, 5.74) is 5.20. The smallest absolute Gasteiger partial charge is 0.407 e. The van der Waals surface area contributed by atoms with Crippen LogP contribution in [0.1, 0.15) is 33.0 Å². The summed E-state index contributed by atoms with van der Waals surface area (Å²) >= 11 is 6.09. The molecule has 3 N–H and O–H groups in total. The third kappa shape index (κ3) is 6.46. The van der Waals surface area contributed by atoms with Gasteiger partial charge in [0.25, 0.3) is 0 Å². The Bertz CT molecular complexity index is 1570. The quantitative estimate of drug-likeness (QED) is 0.211. The van der Waals surface area contributed by atoms with E-state index in [0.717, 1.165) is 27.8 Å². The highest BCUT2D eigenvalue weighted by Gasteiger charge is 2.30. The second-order valence-corrected chi connectivity index (χ2v) is 10.6. The number of nitrogens with one attached hydrogen (secondary N) is 2. The predicted molar refractivity (Wildman–Crippen MR) is 162 cm³/mol. The Morgan fingerprint density at radius 1 is 0.881 bits per heavy atom. The van der Waals surface area contributed by atoms with Crippen LogP contribution in [-0.2, 0) is 16.1 Å². The number of amides is 2. The van der Waals surface area contributed by atoms with Crippen molar-refractivity contribution in [2.24, 2.45) is 0 Å². The fraction of sp³-hybridized carbons (Fsp3) is 0.182.